The summed E-state index contributed by atoms with van der Waals surface area (Å²) in [5.41, 5.74) is 0.736. The molecule has 0 saturated carbocycles. The smallest absolute Gasteiger partial charge is 0.171 e. The van der Waals surface area contributed by atoms with E-state index in [0.29, 0.717) is 21.2 Å². The lowest BCUT2D eigenvalue weighted by Gasteiger charge is -2.30. The molecule has 2 N–H and O–H groups in total. The van der Waals surface area contributed by atoms with E-state index in [0.717, 1.165) is 31.6 Å². The molecule has 6 heteroatoms. The van der Waals surface area contributed by atoms with Crippen molar-refractivity contribution in [3.8, 4) is 0 Å². The quantitative estimate of drug-likeness (QED) is 0.818. The number of halogens is 2. The monoisotopic (exact) mass is 317 g/mol. The number of likely N-dealkylation sites (tertiary alicyclic amines) is 1. The second-order valence-corrected chi connectivity index (χ2v) is 5.97. The first-order valence-electron chi connectivity index (χ1n) is 6.26. The zero-order valence-electron chi connectivity index (χ0n) is 10.7. The number of benzene rings is 1. The normalized spacial score (nSPS) is 17.2. The minimum Gasteiger partial charge on any atom is -0.360 e. The average molecular weight is 318 g/mol. The highest BCUT2D eigenvalue weighted by molar-refractivity contribution is 7.80. The summed E-state index contributed by atoms with van der Waals surface area (Å²) in [6.45, 7) is 2.19. The van der Waals surface area contributed by atoms with Gasteiger partial charge in [-0.1, -0.05) is 29.3 Å². The van der Waals surface area contributed by atoms with Gasteiger partial charge in [0.15, 0.2) is 5.11 Å². The molecule has 2 rings (SSSR count). The molecule has 1 aromatic rings. The number of nitrogens with zero attached hydrogens (tertiary/aromatic N) is 1. The van der Waals surface area contributed by atoms with E-state index < -0.39 is 0 Å². The number of rotatable bonds is 2. The summed E-state index contributed by atoms with van der Waals surface area (Å²) in [4.78, 5) is 2.32. The van der Waals surface area contributed by atoms with Gasteiger partial charge in [0.25, 0.3) is 0 Å². The standard InChI is InChI=1S/C13H17Cl2N3S/c1-18-7-5-9(6-8-18)16-13(19)17-11-4-2-3-10(14)12(11)15/h2-4,9H,5-8H2,1H3,(H2,16,17,19). The largest absolute Gasteiger partial charge is 0.360 e. The van der Waals surface area contributed by atoms with E-state index in [4.69, 9.17) is 35.4 Å². The molecule has 1 aliphatic rings. The number of hydrogen-bond donors (Lipinski definition) is 2. The van der Waals surface area contributed by atoms with Crippen LogP contribution in [0.1, 0.15) is 12.8 Å². The van der Waals surface area contributed by atoms with E-state index in [1.165, 1.54) is 0 Å². The van der Waals surface area contributed by atoms with E-state index in [-0.39, 0.29) is 0 Å². The van der Waals surface area contributed by atoms with Gasteiger partial charge >= 0.3 is 0 Å². The molecule has 0 atom stereocenters. The Labute approximate surface area is 129 Å². The maximum atomic E-state index is 6.11. The summed E-state index contributed by atoms with van der Waals surface area (Å²) in [5, 5.41) is 8.04. The van der Waals surface area contributed by atoms with E-state index >= 15 is 0 Å². The Morgan fingerprint density at radius 1 is 1.32 bits per heavy atom. The van der Waals surface area contributed by atoms with Crippen LogP contribution in [0.4, 0.5) is 5.69 Å². The molecule has 19 heavy (non-hydrogen) atoms. The van der Waals surface area contributed by atoms with Crippen LogP contribution in [0.5, 0.6) is 0 Å². The highest BCUT2D eigenvalue weighted by Crippen LogP contribution is 2.29. The van der Waals surface area contributed by atoms with E-state index in [2.05, 4.69) is 22.6 Å². The van der Waals surface area contributed by atoms with Crippen LogP contribution in [0.25, 0.3) is 0 Å². The first-order chi connectivity index (χ1) is 9.06. The van der Waals surface area contributed by atoms with Gasteiger partial charge in [-0.15, -0.1) is 0 Å². The Balaban J connectivity index is 1.89. The summed E-state index contributed by atoms with van der Waals surface area (Å²) in [5.74, 6) is 0. The third-order valence-electron chi connectivity index (χ3n) is 3.25. The molecule has 1 aliphatic heterocycles. The Bertz CT molecular complexity index is 459. The van der Waals surface area contributed by atoms with Crippen molar-refractivity contribution < 1.29 is 0 Å². The molecule has 1 heterocycles. The minimum atomic E-state index is 0.425. The minimum absolute atomic E-state index is 0.425. The molecule has 0 bridgehead atoms. The van der Waals surface area contributed by atoms with Crippen molar-refractivity contribution >= 4 is 46.2 Å². The molecule has 1 saturated heterocycles. The highest BCUT2D eigenvalue weighted by Gasteiger charge is 2.17. The predicted octanol–water partition coefficient (Wildman–Crippen LogP) is 3.37. The Kier molecular flexibility index (Phi) is 5.28. The number of hydrogen-bond acceptors (Lipinski definition) is 2. The maximum absolute atomic E-state index is 6.11. The van der Waals surface area contributed by atoms with Gasteiger partial charge in [-0.3, -0.25) is 0 Å². The van der Waals surface area contributed by atoms with Crippen LogP contribution in [0.3, 0.4) is 0 Å². The average Bonchev–Trinajstić information content (AvgIpc) is 2.38. The summed E-state index contributed by atoms with van der Waals surface area (Å²) in [6, 6.07) is 5.88. The molecule has 3 nitrogen and oxygen atoms in total. The molecule has 0 unspecified atom stereocenters. The van der Waals surface area contributed by atoms with Crippen LogP contribution in [-0.4, -0.2) is 36.2 Å². The summed E-state index contributed by atoms with van der Waals surface area (Å²) in [6.07, 6.45) is 2.20. The topological polar surface area (TPSA) is 27.3 Å². The van der Waals surface area contributed by atoms with Crippen LogP contribution in [0.15, 0.2) is 18.2 Å². The number of thiocarbonyl (C=S) groups is 1. The summed E-state index contributed by atoms with van der Waals surface area (Å²) in [7, 11) is 2.14. The first-order valence-corrected chi connectivity index (χ1v) is 7.43. The van der Waals surface area contributed by atoms with Crippen LogP contribution in [0, 0.1) is 0 Å². The molecule has 1 aromatic carbocycles. The van der Waals surface area contributed by atoms with Gasteiger partial charge in [0.1, 0.15) is 0 Å². The number of anilines is 1. The Morgan fingerprint density at radius 2 is 2.00 bits per heavy atom. The fourth-order valence-electron chi connectivity index (χ4n) is 2.10. The SMILES string of the molecule is CN1CCC(NC(=S)Nc2cccc(Cl)c2Cl)CC1. The zero-order valence-corrected chi connectivity index (χ0v) is 13.1. The van der Waals surface area contributed by atoms with Crippen molar-refractivity contribution in [3.05, 3.63) is 28.2 Å². The van der Waals surface area contributed by atoms with E-state index in [1.807, 2.05) is 12.1 Å². The molecular weight excluding hydrogens is 301 g/mol. The van der Waals surface area contributed by atoms with Crippen LogP contribution < -0.4 is 10.6 Å². The fourth-order valence-corrected chi connectivity index (χ4v) is 2.72. The second kappa shape index (κ2) is 6.75. The van der Waals surface area contributed by atoms with E-state index in [1.54, 1.807) is 6.07 Å². The van der Waals surface area contributed by atoms with Crippen LogP contribution >= 0.6 is 35.4 Å². The van der Waals surface area contributed by atoms with Crippen molar-refractivity contribution in [2.45, 2.75) is 18.9 Å². The lowest BCUT2D eigenvalue weighted by Crippen LogP contribution is -2.44. The van der Waals surface area contributed by atoms with E-state index in [9.17, 15) is 0 Å². The van der Waals surface area contributed by atoms with Crippen LogP contribution in [0.2, 0.25) is 10.0 Å². The highest BCUT2D eigenvalue weighted by atomic mass is 35.5. The van der Waals surface area contributed by atoms with Gasteiger partial charge in [-0.25, -0.2) is 0 Å². The number of nitrogens with one attached hydrogen (secondary N) is 2. The van der Waals surface area contributed by atoms with Crippen molar-refractivity contribution in [1.82, 2.24) is 10.2 Å². The van der Waals surface area contributed by atoms with Crippen molar-refractivity contribution in [2.75, 3.05) is 25.5 Å². The molecule has 0 amide bonds. The molecule has 104 valence electrons. The summed E-state index contributed by atoms with van der Waals surface area (Å²) >= 11 is 17.4. The predicted molar refractivity (Wildman–Crippen MR) is 86.3 cm³/mol. The second-order valence-electron chi connectivity index (χ2n) is 4.78. The van der Waals surface area contributed by atoms with Crippen LogP contribution in [-0.2, 0) is 0 Å². The molecular formula is C13H17Cl2N3S. The van der Waals surface area contributed by atoms with Gasteiger partial charge in [-0.05, 0) is 57.3 Å². The van der Waals surface area contributed by atoms with Gasteiger partial charge in [0, 0.05) is 6.04 Å². The molecule has 0 aliphatic carbocycles. The Hall–Kier alpha value is -0.550. The number of piperidine rings is 1. The van der Waals surface area contributed by atoms with Crippen molar-refractivity contribution in [3.63, 3.8) is 0 Å². The van der Waals surface area contributed by atoms with Crippen molar-refractivity contribution in [1.29, 1.82) is 0 Å². The first kappa shape index (κ1) is 14.9. The van der Waals surface area contributed by atoms with Gasteiger partial charge in [0.2, 0.25) is 0 Å². The Morgan fingerprint density at radius 3 is 2.68 bits per heavy atom. The fraction of sp³-hybridized carbons (Fsp3) is 0.462. The van der Waals surface area contributed by atoms with Crippen molar-refractivity contribution in [2.24, 2.45) is 0 Å². The molecule has 0 aromatic heterocycles. The van der Waals surface area contributed by atoms with Gasteiger partial charge in [0.05, 0.1) is 15.7 Å². The van der Waals surface area contributed by atoms with Gasteiger partial charge < -0.3 is 15.5 Å². The summed E-state index contributed by atoms with van der Waals surface area (Å²) < 4.78 is 0. The molecule has 0 radical (unpaired) electrons. The third-order valence-corrected chi connectivity index (χ3v) is 4.29. The van der Waals surface area contributed by atoms with Gasteiger partial charge in [-0.2, -0.15) is 0 Å². The lowest BCUT2D eigenvalue weighted by molar-refractivity contribution is 0.247. The molecule has 0 spiro atoms. The molecule has 1 fully saturated rings. The lowest BCUT2D eigenvalue weighted by atomic mass is 10.1. The maximum Gasteiger partial charge on any atom is 0.171 e. The zero-order chi connectivity index (χ0) is 13.8. The third kappa shape index (κ3) is 4.21.